The molecule has 8 rings (SSSR count). The molecule has 0 aliphatic carbocycles. The van der Waals surface area contributed by atoms with E-state index in [1.165, 1.54) is 13.2 Å². The number of hydrogen-bond acceptors (Lipinski definition) is 9. The number of hydrogen-bond donors (Lipinski definition) is 2. The van der Waals surface area contributed by atoms with Crippen LogP contribution in [-0.2, 0) is 25.3 Å². The first-order chi connectivity index (χ1) is 27.3. The predicted octanol–water partition coefficient (Wildman–Crippen LogP) is 8.17. The zero-order valence-corrected chi connectivity index (χ0v) is 35.7. The van der Waals surface area contributed by atoms with E-state index in [0.717, 1.165) is 39.1 Å². The Kier molecular flexibility index (Phi) is 10.0. The van der Waals surface area contributed by atoms with Crippen LogP contribution in [0.2, 0.25) is 0 Å². The van der Waals surface area contributed by atoms with Crippen molar-refractivity contribution < 1.29 is 32.8 Å². The highest BCUT2D eigenvalue weighted by atomic mass is 32.1. The molecule has 3 aliphatic rings. The van der Waals surface area contributed by atoms with E-state index in [2.05, 4.69) is 41.7 Å². The lowest BCUT2D eigenvalue weighted by Gasteiger charge is -2.32. The van der Waals surface area contributed by atoms with Gasteiger partial charge in [0.2, 0.25) is 12.1 Å². The number of amides is 2. The first-order valence-corrected chi connectivity index (χ1v) is 20.8. The summed E-state index contributed by atoms with van der Waals surface area (Å²) in [6, 6.07) is 10.4. The summed E-state index contributed by atoms with van der Waals surface area (Å²) >= 11 is 1.60. The molecule has 2 amide bonds. The SMILES string of the molecule is COC(=O)N[C@H](C(=O)N1CCC[C@H]1c1ncc(-c2cc(F)c3c(c2)OC(c2cnc(CC(C)(C)C)s2)n2c-3cc3cc(B4OC(C)(C)C(C)(C)O4)ccc32)[nH]1)C(C)C. The van der Waals surface area contributed by atoms with Crippen molar-refractivity contribution in [3.63, 3.8) is 0 Å². The number of H-pyrrole nitrogens is 1. The topological polar surface area (TPSA) is 133 Å². The highest BCUT2D eigenvalue weighted by Gasteiger charge is 2.52. The first kappa shape index (κ1) is 40.1. The molecule has 0 radical (unpaired) electrons. The van der Waals surface area contributed by atoms with Crippen molar-refractivity contribution in [3.8, 4) is 28.3 Å². The molecule has 15 heteroatoms. The average molecular weight is 811 g/mol. The zero-order valence-electron chi connectivity index (χ0n) is 34.9. The number of methoxy groups -OCH3 is 1. The van der Waals surface area contributed by atoms with Gasteiger partial charge in [0, 0.05) is 30.1 Å². The molecule has 2 fully saturated rings. The van der Waals surface area contributed by atoms with Gasteiger partial charge in [-0.2, -0.15) is 0 Å². The van der Waals surface area contributed by atoms with Gasteiger partial charge in [0.15, 0.2) is 0 Å². The van der Waals surface area contributed by atoms with Crippen molar-refractivity contribution in [1.29, 1.82) is 0 Å². The largest absolute Gasteiger partial charge is 0.494 e. The molecular formula is C43H52BFN6O6S. The minimum atomic E-state index is -0.753. The molecule has 2 aromatic carbocycles. The van der Waals surface area contributed by atoms with Crippen molar-refractivity contribution >= 4 is 46.8 Å². The second-order valence-electron chi connectivity index (χ2n) is 18.2. The maximum Gasteiger partial charge on any atom is 0.494 e. The molecular weight excluding hydrogens is 758 g/mol. The Morgan fingerprint density at radius 1 is 1.09 bits per heavy atom. The van der Waals surface area contributed by atoms with Gasteiger partial charge in [-0.3, -0.25) is 9.36 Å². The number of thiazole rings is 1. The van der Waals surface area contributed by atoms with Gasteiger partial charge < -0.3 is 34.0 Å². The Morgan fingerprint density at radius 2 is 1.83 bits per heavy atom. The van der Waals surface area contributed by atoms with Gasteiger partial charge in [0.05, 0.1) is 62.9 Å². The van der Waals surface area contributed by atoms with Crippen LogP contribution < -0.4 is 15.5 Å². The van der Waals surface area contributed by atoms with E-state index in [4.69, 9.17) is 28.8 Å². The lowest BCUT2D eigenvalue weighted by atomic mass is 9.78. The number of aromatic nitrogens is 4. The van der Waals surface area contributed by atoms with E-state index in [0.29, 0.717) is 47.1 Å². The highest BCUT2D eigenvalue weighted by molar-refractivity contribution is 7.11. The summed E-state index contributed by atoms with van der Waals surface area (Å²) in [7, 11) is 0.727. The van der Waals surface area contributed by atoms with Crippen LogP contribution in [0.15, 0.2) is 48.8 Å². The molecule has 0 saturated carbocycles. The lowest BCUT2D eigenvalue weighted by Crippen LogP contribution is -2.51. The average Bonchev–Trinajstić information content (AvgIpc) is 3.99. The summed E-state index contributed by atoms with van der Waals surface area (Å²) in [5, 5.41) is 4.60. The van der Waals surface area contributed by atoms with E-state index < -0.39 is 42.5 Å². The van der Waals surface area contributed by atoms with Crippen LogP contribution in [0.3, 0.4) is 0 Å². The van der Waals surface area contributed by atoms with Gasteiger partial charge in [0.1, 0.15) is 23.4 Å². The van der Waals surface area contributed by atoms with Crippen LogP contribution >= 0.6 is 11.3 Å². The third-order valence-corrected chi connectivity index (χ3v) is 12.8. The number of likely N-dealkylation sites (tertiary alicyclic amines) is 1. The molecule has 1 unspecified atom stereocenters. The molecule has 3 atom stereocenters. The first-order valence-electron chi connectivity index (χ1n) is 20.0. The number of ether oxygens (including phenoxy) is 2. The summed E-state index contributed by atoms with van der Waals surface area (Å²) in [4.78, 5) is 41.4. The molecule has 2 saturated heterocycles. The molecule has 0 spiro atoms. The van der Waals surface area contributed by atoms with Crippen LogP contribution in [0.5, 0.6) is 5.75 Å². The van der Waals surface area contributed by atoms with Crippen molar-refractivity contribution in [2.45, 2.75) is 111 Å². The Labute approximate surface area is 343 Å². The summed E-state index contributed by atoms with van der Waals surface area (Å²) < 4.78 is 43.2. The third-order valence-electron chi connectivity index (χ3n) is 11.8. The number of alkyl carbamates (subject to hydrolysis) is 1. The van der Waals surface area contributed by atoms with Gasteiger partial charge >= 0.3 is 13.2 Å². The van der Waals surface area contributed by atoms with Crippen molar-refractivity contribution in [1.82, 2.24) is 29.7 Å². The number of carbonyl (C=O) groups is 2. The molecule has 3 aromatic heterocycles. The third kappa shape index (κ3) is 7.19. The Bertz CT molecular complexity index is 2380. The molecule has 5 aromatic rings. The Hall–Kier alpha value is -4.73. The number of halogens is 1. The molecule has 12 nitrogen and oxygen atoms in total. The van der Waals surface area contributed by atoms with Crippen molar-refractivity contribution in [3.05, 3.63) is 70.3 Å². The number of aromatic amines is 1. The fraction of sp³-hybridized carbons (Fsp3) is 0.488. The summed E-state index contributed by atoms with van der Waals surface area (Å²) in [5.74, 6) is 0.184. The van der Waals surface area contributed by atoms with E-state index in [1.54, 1.807) is 22.4 Å². The van der Waals surface area contributed by atoms with Gasteiger partial charge in [-0.15, -0.1) is 11.3 Å². The Morgan fingerprint density at radius 3 is 2.52 bits per heavy atom. The fourth-order valence-electron chi connectivity index (χ4n) is 8.08. The van der Waals surface area contributed by atoms with Gasteiger partial charge in [-0.25, -0.2) is 19.2 Å². The molecule has 0 bridgehead atoms. The maximum absolute atomic E-state index is 16.7. The standard InChI is InChI=1S/C43H52BFN6O6S/c1-23(2)36(49-40(53)54-10)38(52)50-15-11-12-30(50)37-47-21-28(48-37)24-17-27(45)35-31-18-25-16-26(44-56-42(6,7)43(8,9)57-44)13-14-29(25)51(31)39(55-32(35)19-24)33-22-46-34(58-33)20-41(3,4)5/h13-14,16-19,21-23,30,36,39H,11-12,15,20H2,1-10H3,(H,47,48)(H,49,53)/t30-,36-,39?/m0/s1. The number of rotatable bonds is 8. The zero-order chi connectivity index (χ0) is 41.5. The second kappa shape index (κ2) is 14.5. The summed E-state index contributed by atoms with van der Waals surface area (Å²) in [5.41, 5.74) is 3.02. The number of nitrogens with zero attached hydrogens (tertiary/aromatic N) is 4. The monoisotopic (exact) mass is 810 g/mol. The Balaban J connectivity index is 1.16. The molecule has 58 heavy (non-hydrogen) atoms. The van der Waals surface area contributed by atoms with E-state index in [-0.39, 0.29) is 23.3 Å². The van der Waals surface area contributed by atoms with Crippen molar-refractivity contribution in [2.24, 2.45) is 11.3 Å². The number of nitrogens with one attached hydrogen (secondary N) is 2. The summed E-state index contributed by atoms with van der Waals surface area (Å²) in [6.07, 6.45) is 4.55. The fourth-order valence-corrected chi connectivity index (χ4v) is 9.32. The maximum atomic E-state index is 16.7. The smallest absolute Gasteiger partial charge is 0.464 e. The van der Waals surface area contributed by atoms with Crippen LogP contribution in [0.1, 0.15) is 103 Å². The van der Waals surface area contributed by atoms with Crippen molar-refractivity contribution in [2.75, 3.05) is 13.7 Å². The molecule has 3 aliphatic heterocycles. The van der Waals surface area contributed by atoms with Crippen LogP contribution in [0.25, 0.3) is 33.4 Å². The van der Waals surface area contributed by atoms with Crippen LogP contribution in [-0.4, -0.2) is 74.4 Å². The normalized spacial score (nSPS) is 20.3. The second-order valence-corrected chi connectivity index (χ2v) is 19.4. The number of benzene rings is 2. The van der Waals surface area contributed by atoms with Gasteiger partial charge in [-0.1, -0.05) is 46.8 Å². The van der Waals surface area contributed by atoms with E-state index in [9.17, 15) is 9.59 Å². The minimum absolute atomic E-state index is 0.0459. The van der Waals surface area contributed by atoms with Gasteiger partial charge in [0.25, 0.3) is 0 Å². The number of fused-ring (bicyclic) bond motifs is 5. The van der Waals surface area contributed by atoms with Crippen LogP contribution in [0, 0.1) is 17.2 Å². The number of carbonyl (C=O) groups excluding carboxylic acids is 2. The molecule has 2 N–H and O–H groups in total. The number of imidazole rings is 1. The predicted molar refractivity (Wildman–Crippen MR) is 223 cm³/mol. The van der Waals surface area contributed by atoms with Gasteiger partial charge in [-0.05, 0) is 81.6 Å². The lowest BCUT2D eigenvalue weighted by molar-refractivity contribution is -0.135. The quantitative estimate of drug-likeness (QED) is 0.150. The highest BCUT2D eigenvalue weighted by Crippen LogP contribution is 2.48. The van der Waals surface area contributed by atoms with E-state index >= 15 is 4.39 Å². The molecule has 306 valence electrons. The van der Waals surface area contributed by atoms with Crippen LogP contribution in [0.4, 0.5) is 9.18 Å². The van der Waals surface area contributed by atoms with E-state index in [1.807, 2.05) is 72.0 Å². The molecule has 6 heterocycles. The summed E-state index contributed by atoms with van der Waals surface area (Å²) in [6.45, 7) is 19.0. The minimum Gasteiger partial charge on any atom is -0.464 e.